The molecule has 0 heterocycles. The molecule has 2 aromatic carbocycles. The van der Waals surface area contributed by atoms with Gasteiger partial charge in [-0.25, -0.2) is 4.79 Å². The molecule has 0 aliphatic rings. The summed E-state index contributed by atoms with van der Waals surface area (Å²) in [6, 6.07) is 18.4. The van der Waals surface area contributed by atoms with Crippen molar-refractivity contribution in [3.05, 3.63) is 60.7 Å². The van der Waals surface area contributed by atoms with Gasteiger partial charge in [-0.2, -0.15) is 0 Å². The molecule has 0 fully saturated rings. The third kappa shape index (κ3) is 10.5. The van der Waals surface area contributed by atoms with Gasteiger partial charge < -0.3 is 10.6 Å². The van der Waals surface area contributed by atoms with Gasteiger partial charge in [0.25, 0.3) is 0 Å². The Bertz CT molecular complexity index is 412. The second-order valence-corrected chi connectivity index (χ2v) is 3.31. The summed E-state index contributed by atoms with van der Waals surface area (Å²) in [4.78, 5) is 11.6. The standard InChI is InChI=1S/C13H12N2O.3C2H6/c16-13(14-11-7-3-1-4-8-11)15-12-9-5-2-6-10-12;3*1-2/h1-10H,(H2,14,15,16);3*1-2H3. The second kappa shape index (κ2) is 16.8. The first-order chi connectivity index (χ1) is 10.8. The minimum atomic E-state index is -0.239. The molecular weight excluding hydrogens is 272 g/mol. The highest BCUT2D eigenvalue weighted by atomic mass is 16.2. The van der Waals surface area contributed by atoms with E-state index in [9.17, 15) is 4.79 Å². The van der Waals surface area contributed by atoms with Crippen molar-refractivity contribution in [3.8, 4) is 0 Å². The molecule has 2 N–H and O–H groups in total. The molecule has 0 spiro atoms. The molecule has 0 aliphatic carbocycles. The monoisotopic (exact) mass is 302 g/mol. The number of para-hydroxylation sites is 2. The lowest BCUT2D eigenvalue weighted by Gasteiger charge is -2.06. The van der Waals surface area contributed by atoms with E-state index in [4.69, 9.17) is 0 Å². The summed E-state index contributed by atoms with van der Waals surface area (Å²) in [5.74, 6) is 0. The van der Waals surface area contributed by atoms with Crippen LogP contribution in [0.25, 0.3) is 0 Å². The lowest BCUT2D eigenvalue weighted by atomic mass is 10.3. The number of carbonyl (C=O) groups excluding carboxylic acids is 1. The van der Waals surface area contributed by atoms with Gasteiger partial charge in [0.05, 0.1) is 0 Å². The summed E-state index contributed by atoms with van der Waals surface area (Å²) in [6.07, 6.45) is 0. The first-order valence-electron chi connectivity index (χ1n) is 8.03. The largest absolute Gasteiger partial charge is 0.323 e. The Labute approximate surface area is 135 Å². The third-order valence-electron chi connectivity index (χ3n) is 2.06. The molecule has 0 radical (unpaired) electrons. The Morgan fingerprint density at radius 2 is 0.864 bits per heavy atom. The quantitative estimate of drug-likeness (QED) is 0.661. The summed E-state index contributed by atoms with van der Waals surface area (Å²) in [5.41, 5.74) is 1.55. The molecule has 22 heavy (non-hydrogen) atoms. The first kappa shape index (κ1) is 22.0. The van der Waals surface area contributed by atoms with Gasteiger partial charge in [0.1, 0.15) is 0 Å². The second-order valence-electron chi connectivity index (χ2n) is 3.31. The van der Waals surface area contributed by atoms with Gasteiger partial charge in [-0.1, -0.05) is 77.9 Å². The van der Waals surface area contributed by atoms with Crippen LogP contribution in [0.1, 0.15) is 41.5 Å². The number of amides is 2. The molecule has 0 unspecified atom stereocenters. The average Bonchev–Trinajstić information content (AvgIpc) is 2.62. The van der Waals surface area contributed by atoms with Crippen LogP contribution in [0, 0.1) is 0 Å². The van der Waals surface area contributed by atoms with Crippen LogP contribution < -0.4 is 10.6 Å². The van der Waals surface area contributed by atoms with Crippen molar-refractivity contribution in [1.82, 2.24) is 0 Å². The molecule has 0 bridgehead atoms. The fraction of sp³-hybridized carbons (Fsp3) is 0.316. The number of benzene rings is 2. The predicted octanol–water partition coefficient (Wildman–Crippen LogP) is 6.41. The lowest BCUT2D eigenvalue weighted by Crippen LogP contribution is -2.19. The van der Waals surface area contributed by atoms with Crippen molar-refractivity contribution in [2.24, 2.45) is 0 Å². The Hall–Kier alpha value is -2.29. The van der Waals surface area contributed by atoms with E-state index < -0.39 is 0 Å². The zero-order valence-corrected chi connectivity index (χ0v) is 14.7. The third-order valence-corrected chi connectivity index (χ3v) is 2.06. The maximum absolute atomic E-state index is 11.6. The summed E-state index contributed by atoms with van der Waals surface area (Å²) in [5, 5.41) is 5.48. The minimum absolute atomic E-state index is 0.239. The van der Waals surface area contributed by atoms with Crippen LogP contribution in [-0.2, 0) is 0 Å². The SMILES string of the molecule is CC.CC.CC.O=C(Nc1ccccc1)Nc1ccccc1. The van der Waals surface area contributed by atoms with E-state index in [2.05, 4.69) is 10.6 Å². The molecule has 122 valence electrons. The molecule has 2 aromatic rings. The number of carbonyl (C=O) groups is 1. The zero-order chi connectivity index (χ0) is 17.2. The van der Waals surface area contributed by atoms with Crippen LogP contribution in [0.5, 0.6) is 0 Å². The Balaban J connectivity index is 0. The highest BCUT2D eigenvalue weighted by Gasteiger charge is 2.00. The van der Waals surface area contributed by atoms with Gasteiger partial charge in [0.15, 0.2) is 0 Å². The van der Waals surface area contributed by atoms with Crippen molar-refractivity contribution < 1.29 is 4.79 Å². The molecule has 3 nitrogen and oxygen atoms in total. The highest BCUT2D eigenvalue weighted by molar-refractivity contribution is 5.99. The van der Waals surface area contributed by atoms with Crippen LogP contribution in [0.3, 0.4) is 0 Å². The van der Waals surface area contributed by atoms with Gasteiger partial charge in [0, 0.05) is 11.4 Å². The van der Waals surface area contributed by atoms with E-state index in [1.54, 1.807) is 0 Å². The van der Waals surface area contributed by atoms with Gasteiger partial charge >= 0.3 is 6.03 Å². The van der Waals surface area contributed by atoms with Gasteiger partial charge in [-0.3, -0.25) is 0 Å². The van der Waals surface area contributed by atoms with Crippen LogP contribution >= 0.6 is 0 Å². The van der Waals surface area contributed by atoms with Gasteiger partial charge in [0.2, 0.25) is 0 Å². The van der Waals surface area contributed by atoms with Crippen molar-refractivity contribution in [3.63, 3.8) is 0 Å². The molecule has 0 saturated carbocycles. The topological polar surface area (TPSA) is 41.1 Å². The molecule has 0 saturated heterocycles. The maximum Gasteiger partial charge on any atom is 0.323 e. The predicted molar refractivity (Wildman–Crippen MR) is 99.6 cm³/mol. The molecule has 0 aromatic heterocycles. The smallest absolute Gasteiger partial charge is 0.308 e. The van der Waals surface area contributed by atoms with E-state index in [0.717, 1.165) is 11.4 Å². The average molecular weight is 302 g/mol. The summed E-state index contributed by atoms with van der Waals surface area (Å²) < 4.78 is 0. The Morgan fingerprint density at radius 1 is 0.591 bits per heavy atom. The van der Waals surface area contributed by atoms with Crippen LogP contribution in [0.4, 0.5) is 16.2 Å². The molecular formula is C19H30N2O. The van der Waals surface area contributed by atoms with Crippen LogP contribution in [0.2, 0.25) is 0 Å². The summed E-state index contributed by atoms with van der Waals surface area (Å²) >= 11 is 0. The van der Waals surface area contributed by atoms with Crippen LogP contribution in [-0.4, -0.2) is 6.03 Å². The fourth-order valence-electron chi connectivity index (χ4n) is 1.34. The van der Waals surface area contributed by atoms with Gasteiger partial charge in [-0.05, 0) is 24.3 Å². The Morgan fingerprint density at radius 3 is 1.14 bits per heavy atom. The molecule has 2 rings (SSSR count). The van der Waals surface area contributed by atoms with Gasteiger partial charge in [-0.15, -0.1) is 0 Å². The van der Waals surface area contributed by atoms with E-state index in [1.165, 1.54) is 0 Å². The Kier molecular flexibility index (Phi) is 16.8. The number of hydrogen-bond acceptors (Lipinski definition) is 1. The summed E-state index contributed by atoms with van der Waals surface area (Å²) in [7, 11) is 0. The number of rotatable bonds is 2. The minimum Gasteiger partial charge on any atom is -0.308 e. The normalized spacial score (nSPS) is 7.73. The van der Waals surface area contributed by atoms with Crippen LogP contribution in [0.15, 0.2) is 60.7 Å². The first-order valence-corrected chi connectivity index (χ1v) is 8.03. The van der Waals surface area contributed by atoms with E-state index in [0.29, 0.717) is 0 Å². The highest BCUT2D eigenvalue weighted by Crippen LogP contribution is 2.08. The van der Waals surface area contributed by atoms with E-state index in [-0.39, 0.29) is 6.03 Å². The number of hydrogen-bond donors (Lipinski definition) is 2. The van der Waals surface area contributed by atoms with Crippen molar-refractivity contribution >= 4 is 17.4 Å². The van der Waals surface area contributed by atoms with E-state index >= 15 is 0 Å². The fourth-order valence-corrected chi connectivity index (χ4v) is 1.34. The number of urea groups is 1. The number of nitrogens with one attached hydrogen (secondary N) is 2. The van der Waals surface area contributed by atoms with E-state index in [1.807, 2.05) is 102 Å². The van der Waals surface area contributed by atoms with Crippen molar-refractivity contribution in [2.45, 2.75) is 41.5 Å². The van der Waals surface area contributed by atoms with Crippen molar-refractivity contribution in [2.75, 3.05) is 10.6 Å². The molecule has 0 atom stereocenters. The maximum atomic E-state index is 11.6. The molecule has 0 aliphatic heterocycles. The summed E-state index contributed by atoms with van der Waals surface area (Å²) in [6.45, 7) is 12.0. The molecule has 2 amide bonds. The zero-order valence-electron chi connectivity index (χ0n) is 14.7. The number of anilines is 2. The van der Waals surface area contributed by atoms with Crippen molar-refractivity contribution in [1.29, 1.82) is 0 Å². The lowest BCUT2D eigenvalue weighted by molar-refractivity contribution is 0.262. The molecule has 3 heteroatoms.